The van der Waals surface area contributed by atoms with E-state index in [0.29, 0.717) is 5.56 Å². The minimum Gasteiger partial charge on any atom is -1.00 e. The first-order chi connectivity index (χ1) is 10.0. The quantitative estimate of drug-likeness (QED) is 0.496. The monoisotopic (exact) mass is 346 g/mol. The number of nitrogens with one attached hydrogen (secondary N) is 1. The van der Waals surface area contributed by atoms with E-state index in [1.54, 1.807) is 18.5 Å². The van der Waals surface area contributed by atoms with Gasteiger partial charge in [-0.2, -0.15) is 11.8 Å². The van der Waals surface area contributed by atoms with Crippen LogP contribution in [0.3, 0.4) is 0 Å². The Balaban J connectivity index is 0.00000176. The topological polar surface area (TPSA) is 62.3 Å². The lowest BCUT2D eigenvalue weighted by Gasteiger charge is -2.37. The molecule has 2 unspecified atom stereocenters. The predicted molar refractivity (Wildman–Crippen MR) is 81.9 cm³/mol. The number of ether oxygens (including phenoxy) is 1. The van der Waals surface area contributed by atoms with Crippen LogP contribution in [0.25, 0.3) is 0 Å². The fourth-order valence-electron chi connectivity index (χ4n) is 3.28. The van der Waals surface area contributed by atoms with Gasteiger partial charge in [-0.3, -0.25) is 0 Å². The molecule has 3 rings (SSSR count). The summed E-state index contributed by atoms with van der Waals surface area (Å²) < 4.78 is 6.68. The molecule has 0 amide bonds. The van der Waals surface area contributed by atoms with Gasteiger partial charge in [-0.1, -0.05) is 0 Å². The summed E-state index contributed by atoms with van der Waals surface area (Å²) in [6.45, 7) is 5.83. The number of esters is 1. The van der Waals surface area contributed by atoms with Gasteiger partial charge in [0.25, 0.3) is 0 Å². The lowest BCUT2D eigenvalue weighted by molar-refractivity contribution is -0.914. The minimum atomic E-state index is -1.58. The van der Waals surface area contributed by atoms with Gasteiger partial charge in [0, 0.05) is 35.9 Å². The van der Waals surface area contributed by atoms with Crippen molar-refractivity contribution in [3.63, 3.8) is 0 Å². The third-order valence-electron chi connectivity index (χ3n) is 4.77. The van der Waals surface area contributed by atoms with E-state index in [1.165, 1.54) is 31.5 Å². The molecule has 2 saturated heterocycles. The van der Waals surface area contributed by atoms with Gasteiger partial charge in [-0.05, 0) is 13.0 Å². The van der Waals surface area contributed by atoms with Crippen molar-refractivity contribution >= 4 is 17.7 Å². The number of quaternary nitrogens is 1. The van der Waals surface area contributed by atoms with Gasteiger partial charge in [-0.15, -0.1) is 0 Å². The molecule has 2 aliphatic heterocycles. The molecule has 2 aliphatic rings. The van der Waals surface area contributed by atoms with Crippen LogP contribution >= 0.6 is 11.8 Å². The van der Waals surface area contributed by atoms with Gasteiger partial charge in [0.05, 0.1) is 19.6 Å². The van der Waals surface area contributed by atoms with Crippen molar-refractivity contribution in [1.29, 1.82) is 0 Å². The first-order valence-electron chi connectivity index (χ1n) is 7.51. The molecule has 1 spiro atoms. The number of carbonyl (C=O) groups is 1. The standard InChI is InChI=1S/C15H23N2O3S.ClH/c1-15(19,12-2-4-16-10-12)14(18)20-13-3-5-17(11-13)6-8-21-9-7-17;/h2,4,10,13,16,19H,3,5-9,11H2,1H3;1H/q+1;/p-1. The van der Waals surface area contributed by atoms with E-state index in [0.717, 1.165) is 24.0 Å². The number of thioether (sulfide) groups is 1. The molecule has 0 bridgehead atoms. The van der Waals surface area contributed by atoms with Crippen molar-refractivity contribution in [3.05, 3.63) is 24.0 Å². The van der Waals surface area contributed by atoms with Crippen molar-refractivity contribution in [2.45, 2.75) is 25.0 Å². The van der Waals surface area contributed by atoms with Crippen LogP contribution in [0.4, 0.5) is 0 Å². The van der Waals surface area contributed by atoms with Crippen molar-refractivity contribution in [2.75, 3.05) is 37.7 Å². The molecule has 0 saturated carbocycles. The highest BCUT2D eigenvalue weighted by atomic mass is 35.5. The SMILES string of the molecule is CC(O)(C(=O)OC1CC[N+]2(CCSCC2)C1)c1cc[nH]c1.[Cl-]. The van der Waals surface area contributed by atoms with E-state index < -0.39 is 11.6 Å². The molecule has 124 valence electrons. The van der Waals surface area contributed by atoms with Crippen LogP contribution < -0.4 is 12.4 Å². The second kappa shape index (κ2) is 6.83. The first-order valence-corrected chi connectivity index (χ1v) is 8.67. The lowest BCUT2D eigenvalue weighted by Crippen LogP contribution is -3.00. The molecule has 2 N–H and O–H groups in total. The number of nitrogens with zero attached hydrogens (tertiary/aromatic N) is 1. The van der Waals surface area contributed by atoms with Crippen LogP contribution in [0.5, 0.6) is 0 Å². The van der Waals surface area contributed by atoms with Crippen LogP contribution in [-0.4, -0.2) is 64.3 Å². The Morgan fingerprint density at radius 1 is 1.45 bits per heavy atom. The predicted octanol–water partition coefficient (Wildman–Crippen LogP) is -1.89. The molecular formula is C15H23ClN2O3S. The number of halogens is 1. The maximum atomic E-state index is 12.3. The van der Waals surface area contributed by atoms with E-state index in [2.05, 4.69) is 4.98 Å². The van der Waals surface area contributed by atoms with E-state index >= 15 is 0 Å². The average molecular weight is 347 g/mol. The number of aromatic amines is 1. The normalized spacial score (nSPS) is 26.2. The Labute approximate surface area is 141 Å². The van der Waals surface area contributed by atoms with E-state index in [4.69, 9.17) is 4.74 Å². The highest BCUT2D eigenvalue weighted by molar-refractivity contribution is 7.99. The molecule has 5 nitrogen and oxygen atoms in total. The molecule has 7 heteroatoms. The van der Waals surface area contributed by atoms with Gasteiger partial charge in [0.2, 0.25) is 0 Å². The number of rotatable bonds is 3. The zero-order valence-electron chi connectivity index (χ0n) is 12.8. The van der Waals surface area contributed by atoms with Gasteiger partial charge in [0.15, 0.2) is 11.7 Å². The fourth-order valence-corrected chi connectivity index (χ4v) is 4.51. The van der Waals surface area contributed by atoms with Gasteiger partial charge >= 0.3 is 5.97 Å². The maximum absolute atomic E-state index is 12.3. The van der Waals surface area contributed by atoms with Crippen LogP contribution in [0.1, 0.15) is 18.9 Å². The molecule has 0 aromatic carbocycles. The summed E-state index contributed by atoms with van der Waals surface area (Å²) in [7, 11) is 0. The molecule has 2 atom stereocenters. The summed E-state index contributed by atoms with van der Waals surface area (Å²) in [6.07, 6.45) is 4.16. The summed E-state index contributed by atoms with van der Waals surface area (Å²) in [6, 6.07) is 1.70. The number of hydrogen-bond donors (Lipinski definition) is 2. The maximum Gasteiger partial charge on any atom is 0.343 e. The molecule has 0 aliphatic carbocycles. The van der Waals surface area contributed by atoms with E-state index in [1.807, 2.05) is 11.8 Å². The number of hydrogen-bond acceptors (Lipinski definition) is 4. The molecule has 1 aromatic heterocycles. The third-order valence-corrected chi connectivity index (χ3v) is 5.71. The number of H-pyrrole nitrogens is 1. The minimum absolute atomic E-state index is 0. The van der Waals surface area contributed by atoms with Crippen molar-refractivity contribution < 1.29 is 31.5 Å². The average Bonchev–Trinajstić information content (AvgIpc) is 3.11. The van der Waals surface area contributed by atoms with Crippen LogP contribution in [-0.2, 0) is 15.1 Å². The Morgan fingerprint density at radius 3 is 2.82 bits per heavy atom. The summed E-state index contributed by atoms with van der Waals surface area (Å²) in [5, 5.41) is 10.4. The van der Waals surface area contributed by atoms with Gasteiger partial charge in [0.1, 0.15) is 6.54 Å². The van der Waals surface area contributed by atoms with Gasteiger partial charge < -0.3 is 31.7 Å². The second-order valence-electron chi connectivity index (χ2n) is 6.30. The van der Waals surface area contributed by atoms with Crippen LogP contribution in [0.2, 0.25) is 0 Å². The lowest BCUT2D eigenvalue weighted by atomic mass is 9.99. The summed E-state index contributed by atoms with van der Waals surface area (Å²) >= 11 is 2.01. The van der Waals surface area contributed by atoms with Crippen molar-refractivity contribution in [3.8, 4) is 0 Å². The van der Waals surface area contributed by atoms with Gasteiger partial charge in [-0.25, -0.2) is 4.79 Å². The number of aromatic nitrogens is 1. The summed E-state index contributed by atoms with van der Waals surface area (Å²) in [5.74, 6) is 1.85. The molecule has 1 aromatic rings. The Hall–Kier alpha value is -0.690. The highest BCUT2D eigenvalue weighted by Gasteiger charge is 2.43. The van der Waals surface area contributed by atoms with Crippen LogP contribution in [0, 0.1) is 0 Å². The van der Waals surface area contributed by atoms with Crippen molar-refractivity contribution in [2.24, 2.45) is 0 Å². The smallest absolute Gasteiger partial charge is 0.343 e. The zero-order chi connectivity index (χ0) is 14.9. The Kier molecular flexibility index (Phi) is 5.48. The highest BCUT2D eigenvalue weighted by Crippen LogP contribution is 2.29. The Morgan fingerprint density at radius 2 is 2.18 bits per heavy atom. The molecule has 0 radical (unpaired) electrons. The largest absolute Gasteiger partial charge is 1.00 e. The summed E-state index contributed by atoms with van der Waals surface area (Å²) in [4.78, 5) is 15.2. The molecule has 3 heterocycles. The zero-order valence-corrected chi connectivity index (χ0v) is 14.3. The van der Waals surface area contributed by atoms with Crippen molar-refractivity contribution in [1.82, 2.24) is 4.98 Å². The first kappa shape index (κ1) is 17.7. The summed E-state index contributed by atoms with van der Waals surface area (Å²) in [5.41, 5.74) is -1.03. The fraction of sp³-hybridized carbons (Fsp3) is 0.667. The van der Waals surface area contributed by atoms with Crippen LogP contribution in [0.15, 0.2) is 18.5 Å². The van der Waals surface area contributed by atoms with E-state index in [9.17, 15) is 9.90 Å². The number of aliphatic hydroxyl groups is 1. The molecule has 22 heavy (non-hydrogen) atoms. The molecular weight excluding hydrogens is 324 g/mol. The third kappa shape index (κ3) is 3.45. The van der Waals surface area contributed by atoms with E-state index in [-0.39, 0.29) is 18.5 Å². The second-order valence-corrected chi connectivity index (χ2v) is 7.52. The molecule has 2 fully saturated rings. The number of carbonyl (C=O) groups excluding carboxylic acids is 1. The Bertz CT molecular complexity index is 501.